The van der Waals surface area contributed by atoms with Gasteiger partial charge in [-0.2, -0.15) is 0 Å². The summed E-state index contributed by atoms with van der Waals surface area (Å²) in [6.45, 7) is 2.96. The zero-order valence-corrected chi connectivity index (χ0v) is 11.5. The maximum Gasteiger partial charge on any atom is 0.302 e. The van der Waals surface area contributed by atoms with Gasteiger partial charge in [0.05, 0.1) is 10.5 Å². The average molecular weight is 340 g/mol. The first-order chi connectivity index (χ1) is 7.70. The minimum absolute atomic E-state index is 0.104. The van der Waals surface area contributed by atoms with Crippen LogP contribution in [0.2, 0.25) is 0 Å². The number of hydrogen-bond acceptors (Lipinski definition) is 4. The van der Waals surface area contributed by atoms with Gasteiger partial charge in [0.25, 0.3) is 0 Å². The standard InChI is InChI=1S/C11H17IO4/c1-9(13)14-6-2-3-7-15-11-10(12)5-4-8-16-11/h2-3,10-11H,4-8H2,1H3/b3-2+/t10-,11-/m1/s1. The van der Waals surface area contributed by atoms with Gasteiger partial charge in [0.15, 0.2) is 6.29 Å². The summed E-state index contributed by atoms with van der Waals surface area (Å²) in [6.07, 6.45) is 5.75. The molecule has 0 aromatic rings. The van der Waals surface area contributed by atoms with Crippen molar-refractivity contribution in [2.45, 2.75) is 30.0 Å². The van der Waals surface area contributed by atoms with E-state index < -0.39 is 0 Å². The molecule has 0 aliphatic carbocycles. The molecule has 1 heterocycles. The van der Waals surface area contributed by atoms with Crippen LogP contribution in [0.5, 0.6) is 0 Å². The Morgan fingerprint density at radius 1 is 1.50 bits per heavy atom. The molecule has 0 N–H and O–H groups in total. The van der Waals surface area contributed by atoms with E-state index in [0.717, 1.165) is 19.4 Å². The Bertz CT molecular complexity index is 242. The molecule has 0 bridgehead atoms. The molecular weight excluding hydrogens is 323 g/mol. The van der Waals surface area contributed by atoms with E-state index in [1.807, 2.05) is 6.08 Å². The molecule has 2 atom stereocenters. The van der Waals surface area contributed by atoms with Gasteiger partial charge in [0, 0.05) is 13.5 Å². The SMILES string of the molecule is CC(=O)OC/C=C/CO[C@@H]1OCCC[C@H]1I. The first-order valence-electron chi connectivity index (χ1n) is 5.36. The summed E-state index contributed by atoms with van der Waals surface area (Å²) in [5.74, 6) is -0.270. The van der Waals surface area contributed by atoms with Crippen molar-refractivity contribution in [3.05, 3.63) is 12.2 Å². The summed E-state index contributed by atoms with van der Waals surface area (Å²) in [4.78, 5) is 10.5. The van der Waals surface area contributed by atoms with Gasteiger partial charge in [-0.15, -0.1) is 0 Å². The van der Waals surface area contributed by atoms with Crippen LogP contribution >= 0.6 is 22.6 Å². The van der Waals surface area contributed by atoms with E-state index in [1.54, 1.807) is 6.08 Å². The van der Waals surface area contributed by atoms with Gasteiger partial charge in [-0.3, -0.25) is 4.79 Å². The maximum atomic E-state index is 10.5. The minimum atomic E-state index is -0.270. The summed E-state index contributed by atoms with van der Waals surface area (Å²) in [5, 5.41) is 0. The molecular formula is C11H17IO4. The van der Waals surface area contributed by atoms with Crippen LogP contribution in [0.15, 0.2) is 12.2 Å². The second-order valence-electron chi connectivity index (χ2n) is 3.50. The highest BCUT2D eigenvalue weighted by Gasteiger charge is 2.23. The molecule has 1 fully saturated rings. The molecule has 16 heavy (non-hydrogen) atoms. The highest BCUT2D eigenvalue weighted by molar-refractivity contribution is 14.1. The molecule has 1 saturated heterocycles. The van der Waals surface area contributed by atoms with Crippen LogP contribution in [0.1, 0.15) is 19.8 Å². The highest BCUT2D eigenvalue weighted by atomic mass is 127. The topological polar surface area (TPSA) is 44.8 Å². The van der Waals surface area contributed by atoms with Gasteiger partial charge in [0.2, 0.25) is 0 Å². The zero-order valence-electron chi connectivity index (χ0n) is 9.36. The van der Waals surface area contributed by atoms with E-state index in [-0.39, 0.29) is 12.3 Å². The lowest BCUT2D eigenvalue weighted by Crippen LogP contribution is -2.32. The quantitative estimate of drug-likeness (QED) is 0.333. The molecule has 92 valence electrons. The van der Waals surface area contributed by atoms with Crippen LogP contribution < -0.4 is 0 Å². The lowest BCUT2D eigenvalue weighted by atomic mass is 10.2. The van der Waals surface area contributed by atoms with E-state index in [4.69, 9.17) is 14.2 Å². The third-order valence-electron chi connectivity index (χ3n) is 2.11. The van der Waals surface area contributed by atoms with E-state index in [1.165, 1.54) is 6.92 Å². The third-order valence-corrected chi connectivity index (χ3v) is 3.32. The molecule has 1 rings (SSSR count). The number of ether oxygens (including phenoxy) is 3. The van der Waals surface area contributed by atoms with Crippen molar-refractivity contribution < 1.29 is 19.0 Å². The van der Waals surface area contributed by atoms with Crippen LogP contribution in [0.4, 0.5) is 0 Å². The summed E-state index contributed by atoms with van der Waals surface area (Å²) < 4.78 is 16.2. The van der Waals surface area contributed by atoms with Crippen molar-refractivity contribution in [3.8, 4) is 0 Å². The summed E-state index contributed by atoms with van der Waals surface area (Å²) in [7, 11) is 0. The lowest BCUT2D eigenvalue weighted by molar-refractivity contribution is -0.148. The molecule has 5 heteroatoms. The van der Waals surface area contributed by atoms with Crippen LogP contribution in [0.3, 0.4) is 0 Å². The van der Waals surface area contributed by atoms with E-state index in [9.17, 15) is 4.79 Å². The summed E-state index contributed by atoms with van der Waals surface area (Å²) in [6, 6.07) is 0. The van der Waals surface area contributed by atoms with Crippen molar-refractivity contribution in [1.82, 2.24) is 0 Å². The van der Waals surface area contributed by atoms with Gasteiger partial charge in [-0.05, 0) is 18.9 Å². The minimum Gasteiger partial charge on any atom is -0.462 e. The van der Waals surface area contributed by atoms with Gasteiger partial charge < -0.3 is 14.2 Å². The number of carbonyl (C=O) groups is 1. The Labute approximate surface area is 109 Å². The predicted octanol–water partition coefficient (Wildman–Crippen LogP) is 2.06. The van der Waals surface area contributed by atoms with Crippen LogP contribution in [0, 0.1) is 0 Å². The Balaban J connectivity index is 2.07. The number of carbonyl (C=O) groups excluding carboxylic acids is 1. The van der Waals surface area contributed by atoms with Crippen LogP contribution in [-0.2, 0) is 19.0 Å². The van der Waals surface area contributed by atoms with Crippen molar-refractivity contribution in [3.63, 3.8) is 0 Å². The van der Waals surface area contributed by atoms with Crippen LogP contribution in [0.25, 0.3) is 0 Å². The zero-order chi connectivity index (χ0) is 11.8. The third kappa shape index (κ3) is 5.81. The average Bonchev–Trinajstić information content (AvgIpc) is 2.25. The van der Waals surface area contributed by atoms with Crippen molar-refractivity contribution in [1.29, 1.82) is 0 Å². The fourth-order valence-corrected chi connectivity index (χ4v) is 2.18. The lowest BCUT2D eigenvalue weighted by Gasteiger charge is -2.27. The molecule has 1 aliphatic heterocycles. The largest absolute Gasteiger partial charge is 0.462 e. The van der Waals surface area contributed by atoms with Gasteiger partial charge in [-0.25, -0.2) is 0 Å². The Hall–Kier alpha value is -0.140. The van der Waals surface area contributed by atoms with Crippen molar-refractivity contribution in [2.24, 2.45) is 0 Å². The molecule has 0 amide bonds. The van der Waals surface area contributed by atoms with Gasteiger partial charge >= 0.3 is 5.97 Å². The maximum absolute atomic E-state index is 10.5. The monoisotopic (exact) mass is 340 g/mol. The number of rotatable bonds is 5. The molecule has 4 nitrogen and oxygen atoms in total. The highest BCUT2D eigenvalue weighted by Crippen LogP contribution is 2.22. The summed E-state index contributed by atoms with van der Waals surface area (Å²) >= 11 is 2.35. The molecule has 0 radical (unpaired) electrons. The molecule has 0 saturated carbocycles. The normalized spacial score (nSPS) is 25.9. The van der Waals surface area contributed by atoms with Crippen LogP contribution in [-0.4, -0.2) is 36.0 Å². The Kier molecular flexibility index (Phi) is 6.98. The fourth-order valence-electron chi connectivity index (χ4n) is 1.32. The smallest absolute Gasteiger partial charge is 0.302 e. The molecule has 0 spiro atoms. The van der Waals surface area contributed by atoms with Crippen molar-refractivity contribution in [2.75, 3.05) is 19.8 Å². The second kappa shape index (κ2) is 8.03. The number of halogens is 1. The molecule has 0 aromatic carbocycles. The van der Waals surface area contributed by atoms with E-state index in [2.05, 4.69) is 22.6 Å². The Morgan fingerprint density at radius 2 is 2.25 bits per heavy atom. The first-order valence-corrected chi connectivity index (χ1v) is 6.60. The fraction of sp³-hybridized carbons (Fsp3) is 0.727. The number of hydrogen-bond donors (Lipinski definition) is 0. The Morgan fingerprint density at radius 3 is 2.94 bits per heavy atom. The molecule has 0 unspecified atom stereocenters. The van der Waals surface area contributed by atoms with E-state index in [0.29, 0.717) is 17.1 Å². The van der Waals surface area contributed by atoms with Crippen molar-refractivity contribution >= 4 is 28.6 Å². The molecule has 0 aromatic heterocycles. The summed E-state index contributed by atoms with van der Waals surface area (Å²) in [5.41, 5.74) is 0. The second-order valence-corrected chi connectivity index (χ2v) is 5.10. The predicted molar refractivity (Wildman–Crippen MR) is 68.5 cm³/mol. The number of esters is 1. The number of alkyl halides is 1. The first kappa shape index (κ1) is 13.9. The van der Waals surface area contributed by atoms with Gasteiger partial charge in [0.1, 0.15) is 6.61 Å². The van der Waals surface area contributed by atoms with Gasteiger partial charge in [-0.1, -0.05) is 28.7 Å². The van der Waals surface area contributed by atoms with E-state index >= 15 is 0 Å². The molecule has 1 aliphatic rings.